The predicted octanol–water partition coefficient (Wildman–Crippen LogP) is 1.90. The van der Waals surface area contributed by atoms with E-state index in [1.807, 2.05) is 12.1 Å². The lowest BCUT2D eigenvalue weighted by molar-refractivity contribution is 0.433. The number of hydrogen-bond acceptors (Lipinski definition) is 4. The Hall–Kier alpha value is -1.71. The van der Waals surface area contributed by atoms with Crippen LogP contribution in [-0.2, 0) is 6.42 Å². The predicted molar refractivity (Wildman–Crippen MR) is 46.4 cm³/mol. The molecule has 0 radical (unpaired) electrons. The SMILES string of the molecule is c1coc(-c2noc3c2CCN3)c1. The molecule has 1 aliphatic rings. The van der Waals surface area contributed by atoms with Crippen LogP contribution in [0.3, 0.4) is 0 Å². The van der Waals surface area contributed by atoms with E-state index in [0.717, 1.165) is 35.9 Å². The van der Waals surface area contributed by atoms with E-state index in [9.17, 15) is 0 Å². The Morgan fingerprint density at radius 2 is 2.46 bits per heavy atom. The van der Waals surface area contributed by atoms with E-state index in [1.165, 1.54) is 0 Å². The summed E-state index contributed by atoms with van der Waals surface area (Å²) in [6.07, 6.45) is 2.59. The Labute approximate surface area is 74.5 Å². The van der Waals surface area contributed by atoms with E-state index in [0.29, 0.717) is 0 Å². The van der Waals surface area contributed by atoms with Crippen LogP contribution in [0.1, 0.15) is 5.56 Å². The maximum Gasteiger partial charge on any atom is 0.228 e. The molecule has 0 amide bonds. The summed E-state index contributed by atoms with van der Waals surface area (Å²) in [4.78, 5) is 0. The van der Waals surface area contributed by atoms with Crippen molar-refractivity contribution in [2.45, 2.75) is 6.42 Å². The van der Waals surface area contributed by atoms with Crippen LogP contribution in [0.15, 0.2) is 27.3 Å². The summed E-state index contributed by atoms with van der Waals surface area (Å²) in [5, 5.41) is 7.06. The lowest BCUT2D eigenvalue weighted by Crippen LogP contribution is -1.92. The molecule has 0 aliphatic carbocycles. The van der Waals surface area contributed by atoms with Crippen molar-refractivity contribution in [3.8, 4) is 11.5 Å². The van der Waals surface area contributed by atoms with Gasteiger partial charge in [0.25, 0.3) is 0 Å². The highest BCUT2D eigenvalue weighted by molar-refractivity contribution is 5.65. The van der Waals surface area contributed by atoms with Gasteiger partial charge in [0.2, 0.25) is 5.88 Å². The van der Waals surface area contributed by atoms with Gasteiger partial charge in [0.15, 0.2) is 11.5 Å². The minimum Gasteiger partial charge on any atom is -0.463 e. The first-order chi connectivity index (χ1) is 6.45. The molecule has 0 fully saturated rings. The van der Waals surface area contributed by atoms with Crippen LogP contribution in [0.25, 0.3) is 11.5 Å². The van der Waals surface area contributed by atoms with Crippen molar-refractivity contribution in [1.82, 2.24) is 5.16 Å². The molecule has 3 rings (SSSR count). The van der Waals surface area contributed by atoms with Gasteiger partial charge in [-0.1, -0.05) is 5.16 Å². The maximum atomic E-state index is 5.25. The van der Waals surface area contributed by atoms with E-state index >= 15 is 0 Å². The van der Waals surface area contributed by atoms with Crippen LogP contribution >= 0.6 is 0 Å². The molecule has 0 bridgehead atoms. The summed E-state index contributed by atoms with van der Waals surface area (Å²) in [5.41, 5.74) is 1.94. The third kappa shape index (κ3) is 0.884. The van der Waals surface area contributed by atoms with E-state index < -0.39 is 0 Å². The Morgan fingerprint density at radius 1 is 1.46 bits per heavy atom. The van der Waals surface area contributed by atoms with Crippen LogP contribution in [0, 0.1) is 0 Å². The van der Waals surface area contributed by atoms with Gasteiger partial charge >= 0.3 is 0 Å². The number of fused-ring (bicyclic) bond motifs is 1. The summed E-state index contributed by atoms with van der Waals surface area (Å²) in [5.74, 6) is 1.56. The van der Waals surface area contributed by atoms with Gasteiger partial charge in [-0.2, -0.15) is 0 Å². The molecule has 0 saturated heterocycles. The van der Waals surface area contributed by atoms with Crippen molar-refractivity contribution in [2.24, 2.45) is 0 Å². The summed E-state index contributed by atoms with van der Waals surface area (Å²) in [6.45, 7) is 0.921. The molecule has 1 N–H and O–H groups in total. The highest BCUT2D eigenvalue weighted by Crippen LogP contribution is 2.32. The molecule has 66 valence electrons. The van der Waals surface area contributed by atoms with Gasteiger partial charge in [-0.25, -0.2) is 0 Å². The van der Waals surface area contributed by atoms with Crippen molar-refractivity contribution in [2.75, 3.05) is 11.9 Å². The summed E-state index contributed by atoms with van der Waals surface area (Å²) in [7, 11) is 0. The number of aromatic nitrogens is 1. The minimum absolute atomic E-state index is 0.772. The van der Waals surface area contributed by atoms with E-state index in [1.54, 1.807) is 6.26 Å². The van der Waals surface area contributed by atoms with E-state index in [-0.39, 0.29) is 0 Å². The molecule has 0 aromatic carbocycles. The molecule has 0 atom stereocenters. The van der Waals surface area contributed by atoms with E-state index in [4.69, 9.17) is 8.94 Å². The molecule has 4 nitrogen and oxygen atoms in total. The first-order valence-electron chi connectivity index (χ1n) is 4.21. The number of nitrogens with zero attached hydrogens (tertiary/aromatic N) is 1. The third-order valence-corrected chi connectivity index (χ3v) is 2.20. The van der Waals surface area contributed by atoms with Crippen molar-refractivity contribution in [3.05, 3.63) is 24.0 Å². The zero-order chi connectivity index (χ0) is 8.67. The number of furan rings is 1. The van der Waals surface area contributed by atoms with Gasteiger partial charge in [-0.3, -0.25) is 0 Å². The smallest absolute Gasteiger partial charge is 0.228 e. The summed E-state index contributed by atoms with van der Waals surface area (Å²) in [6, 6.07) is 3.73. The Balaban J connectivity index is 2.16. The average molecular weight is 176 g/mol. The fourth-order valence-corrected chi connectivity index (χ4v) is 1.59. The highest BCUT2D eigenvalue weighted by Gasteiger charge is 2.22. The van der Waals surface area contributed by atoms with Crippen molar-refractivity contribution >= 4 is 5.88 Å². The quantitative estimate of drug-likeness (QED) is 0.721. The van der Waals surface area contributed by atoms with Crippen molar-refractivity contribution < 1.29 is 8.94 Å². The second-order valence-electron chi connectivity index (χ2n) is 2.99. The first kappa shape index (κ1) is 6.77. The summed E-state index contributed by atoms with van der Waals surface area (Å²) >= 11 is 0. The highest BCUT2D eigenvalue weighted by atomic mass is 16.5. The molecule has 2 aromatic rings. The topological polar surface area (TPSA) is 51.2 Å². The number of hydrogen-bond donors (Lipinski definition) is 1. The molecular formula is C9H8N2O2. The first-order valence-corrected chi connectivity index (χ1v) is 4.21. The monoisotopic (exact) mass is 176 g/mol. The fraction of sp³-hybridized carbons (Fsp3) is 0.222. The number of rotatable bonds is 1. The Kier molecular flexibility index (Phi) is 1.24. The second-order valence-corrected chi connectivity index (χ2v) is 2.99. The van der Waals surface area contributed by atoms with Gasteiger partial charge < -0.3 is 14.3 Å². The molecule has 4 heteroatoms. The molecule has 1 aliphatic heterocycles. The molecule has 0 saturated carbocycles. The van der Waals surface area contributed by atoms with Gasteiger partial charge in [0.1, 0.15) is 0 Å². The number of anilines is 1. The van der Waals surface area contributed by atoms with Crippen LogP contribution in [0.5, 0.6) is 0 Å². The standard InChI is InChI=1S/C9H8N2O2/c1-2-7(12-5-1)8-6-3-4-10-9(6)13-11-8/h1-2,5,10H,3-4H2. The van der Waals surface area contributed by atoms with Crippen molar-refractivity contribution in [3.63, 3.8) is 0 Å². The van der Waals surface area contributed by atoms with Crippen molar-refractivity contribution in [1.29, 1.82) is 0 Å². The van der Waals surface area contributed by atoms with Crippen LogP contribution in [-0.4, -0.2) is 11.7 Å². The largest absolute Gasteiger partial charge is 0.463 e. The molecule has 0 unspecified atom stereocenters. The molecule has 3 heterocycles. The Bertz CT molecular complexity index is 417. The van der Waals surface area contributed by atoms with Crippen LogP contribution < -0.4 is 5.32 Å². The third-order valence-electron chi connectivity index (χ3n) is 2.20. The summed E-state index contributed by atoms with van der Waals surface area (Å²) < 4.78 is 10.4. The van der Waals surface area contributed by atoms with E-state index in [2.05, 4.69) is 10.5 Å². The number of nitrogens with one attached hydrogen (secondary N) is 1. The van der Waals surface area contributed by atoms with Crippen LogP contribution in [0.2, 0.25) is 0 Å². The average Bonchev–Trinajstić information content (AvgIpc) is 2.79. The molecule has 0 spiro atoms. The Morgan fingerprint density at radius 3 is 3.31 bits per heavy atom. The second kappa shape index (κ2) is 2.39. The van der Waals surface area contributed by atoms with Gasteiger partial charge in [-0.05, 0) is 18.6 Å². The normalized spacial score (nSPS) is 14.2. The lowest BCUT2D eigenvalue weighted by Gasteiger charge is -1.89. The van der Waals surface area contributed by atoms with Gasteiger partial charge in [-0.15, -0.1) is 0 Å². The zero-order valence-corrected chi connectivity index (χ0v) is 6.91. The van der Waals surface area contributed by atoms with Gasteiger partial charge in [0.05, 0.1) is 6.26 Å². The molecule has 13 heavy (non-hydrogen) atoms. The maximum absolute atomic E-state index is 5.25. The lowest BCUT2D eigenvalue weighted by atomic mass is 10.2. The fourth-order valence-electron chi connectivity index (χ4n) is 1.59. The van der Waals surface area contributed by atoms with Crippen LogP contribution in [0.4, 0.5) is 5.88 Å². The minimum atomic E-state index is 0.772. The zero-order valence-electron chi connectivity index (χ0n) is 6.91. The molecular weight excluding hydrogens is 168 g/mol. The molecule has 2 aromatic heterocycles. The van der Waals surface area contributed by atoms with Gasteiger partial charge in [0, 0.05) is 12.1 Å².